The number of hydrogen-bond acceptors (Lipinski definition) is 2. The molecular weight excluding hydrogens is 279 g/mol. The monoisotopic (exact) mass is 298 g/mol. The highest BCUT2D eigenvalue weighted by atomic mass is 19.1. The fourth-order valence-electron chi connectivity index (χ4n) is 2.69. The number of benzene rings is 2. The average Bonchev–Trinajstić information content (AvgIpc) is 2.80. The van der Waals surface area contributed by atoms with Gasteiger partial charge in [-0.15, -0.1) is 0 Å². The van der Waals surface area contributed by atoms with Crippen molar-refractivity contribution >= 4 is 11.0 Å². The van der Waals surface area contributed by atoms with Crippen molar-refractivity contribution in [1.29, 1.82) is 0 Å². The van der Waals surface area contributed by atoms with Gasteiger partial charge in [0.1, 0.15) is 11.6 Å². The van der Waals surface area contributed by atoms with Crippen LogP contribution in [0.15, 0.2) is 36.4 Å². The van der Waals surface area contributed by atoms with Gasteiger partial charge in [-0.3, -0.25) is 0 Å². The molecule has 1 N–H and O–H groups in total. The summed E-state index contributed by atoms with van der Waals surface area (Å²) < 4.78 is 16.0. The Morgan fingerprint density at radius 1 is 1.14 bits per heavy atom. The summed E-state index contributed by atoms with van der Waals surface area (Å²) in [5.41, 5.74) is 4.85. The molecule has 3 aromatic rings. The number of hydrogen-bond donors (Lipinski definition) is 1. The van der Waals surface area contributed by atoms with Gasteiger partial charge in [-0.1, -0.05) is 18.2 Å². The lowest BCUT2D eigenvalue weighted by Gasteiger charge is -2.10. The number of nitrogens with zero attached hydrogens (tertiary/aromatic N) is 2. The summed E-state index contributed by atoms with van der Waals surface area (Å²) in [6, 6.07) is 10.9. The number of fused-ring (bicyclic) bond motifs is 1. The fraction of sp³-hybridized carbons (Fsp3) is 0.278. The standard InChI is InChI=1S/C18H19FN2O/c1-12-9-16-17(10-13(12)2)21(18(20-16)7-8-22)11-14-5-3-4-6-15(14)19/h3-6,9-10,22H,7-8,11H2,1-2H3. The summed E-state index contributed by atoms with van der Waals surface area (Å²) in [5, 5.41) is 9.27. The molecule has 0 amide bonds. The summed E-state index contributed by atoms with van der Waals surface area (Å²) in [5.74, 6) is 0.564. The SMILES string of the molecule is Cc1cc2nc(CCO)n(Cc3ccccc3F)c2cc1C. The van der Waals surface area contributed by atoms with Crippen molar-refractivity contribution in [2.45, 2.75) is 26.8 Å². The van der Waals surface area contributed by atoms with E-state index in [2.05, 4.69) is 24.9 Å². The normalized spacial score (nSPS) is 11.3. The first-order valence-electron chi connectivity index (χ1n) is 7.41. The van der Waals surface area contributed by atoms with E-state index in [0.717, 1.165) is 16.9 Å². The summed E-state index contributed by atoms with van der Waals surface area (Å²) in [6.45, 7) is 4.55. The third kappa shape index (κ3) is 2.62. The fourth-order valence-corrected chi connectivity index (χ4v) is 2.69. The van der Waals surface area contributed by atoms with E-state index in [-0.39, 0.29) is 12.4 Å². The third-order valence-electron chi connectivity index (χ3n) is 4.06. The second-order valence-electron chi connectivity index (χ2n) is 5.60. The smallest absolute Gasteiger partial charge is 0.128 e. The molecule has 3 rings (SSSR count). The zero-order chi connectivity index (χ0) is 15.7. The van der Waals surface area contributed by atoms with E-state index in [1.165, 1.54) is 17.2 Å². The maximum absolute atomic E-state index is 14.0. The molecule has 0 aliphatic heterocycles. The summed E-state index contributed by atoms with van der Waals surface area (Å²) in [4.78, 5) is 4.61. The number of aliphatic hydroxyl groups is 1. The van der Waals surface area contributed by atoms with Gasteiger partial charge in [0.15, 0.2) is 0 Å². The lowest BCUT2D eigenvalue weighted by Crippen LogP contribution is -2.08. The van der Waals surface area contributed by atoms with Gasteiger partial charge in [0, 0.05) is 12.0 Å². The number of imidazole rings is 1. The quantitative estimate of drug-likeness (QED) is 0.802. The van der Waals surface area contributed by atoms with Crippen molar-refractivity contribution in [2.75, 3.05) is 6.61 Å². The highest BCUT2D eigenvalue weighted by Crippen LogP contribution is 2.23. The van der Waals surface area contributed by atoms with E-state index >= 15 is 0 Å². The van der Waals surface area contributed by atoms with Crippen LogP contribution in [-0.2, 0) is 13.0 Å². The van der Waals surface area contributed by atoms with Crippen LogP contribution in [-0.4, -0.2) is 21.3 Å². The van der Waals surface area contributed by atoms with Crippen molar-refractivity contribution in [3.63, 3.8) is 0 Å². The van der Waals surface area contributed by atoms with Crippen LogP contribution in [0.4, 0.5) is 4.39 Å². The van der Waals surface area contributed by atoms with Gasteiger partial charge in [0.2, 0.25) is 0 Å². The first kappa shape index (κ1) is 14.7. The molecule has 1 heterocycles. The number of aromatic nitrogens is 2. The average molecular weight is 298 g/mol. The van der Waals surface area contributed by atoms with Crippen molar-refractivity contribution in [2.24, 2.45) is 0 Å². The van der Waals surface area contributed by atoms with Crippen molar-refractivity contribution < 1.29 is 9.50 Å². The maximum atomic E-state index is 14.0. The minimum Gasteiger partial charge on any atom is -0.396 e. The minimum atomic E-state index is -0.219. The molecule has 114 valence electrons. The molecule has 0 saturated heterocycles. The summed E-state index contributed by atoms with van der Waals surface area (Å²) in [7, 11) is 0. The van der Waals surface area contributed by atoms with E-state index < -0.39 is 0 Å². The van der Waals surface area contributed by atoms with Crippen LogP contribution >= 0.6 is 0 Å². The van der Waals surface area contributed by atoms with Gasteiger partial charge in [-0.05, 0) is 43.2 Å². The van der Waals surface area contributed by atoms with Crippen LogP contribution in [0.3, 0.4) is 0 Å². The Balaban J connectivity index is 2.15. The molecule has 0 aliphatic carbocycles. The molecule has 0 atom stereocenters. The van der Waals surface area contributed by atoms with Crippen LogP contribution in [0.1, 0.15) is 22.5 Å². The topological polar surface area (TPSA) is 38.1 Å². The van der Waals surface area contributed by atoms with Crippen molar-refractivity contribution in [3.8, 4) is 0 Å². The molecule has 2 aromatic carbocycles. The molecule has 4 heteroatoms. The zero-order valence-corrected chi connectivity index (χ0v) is 12.8. The molecule has 22 heavy (non-hydrogen) atoms. The number of aliphatic hydroxyl groups excluding tert-OH is 1. The van der Waals surface area contributed by atoms with Crippen molar-refractivity contribution in [3.05, 3.63) is 64.7 Å². The van der Waals surface area contributed by atoms with Gasteiger partial charge < -0.3 is 9.67 Å². The lowest BCUT2D eigenvalue weighted by molar-refractivity contribution is 0.295. The molecule has 0 aliphatic rings. The van der Waals surface area contributed by atoms with Gasteiger partial charge >= 0.3 is 0 Å². The Labute approximate surface area is 129 Å². The second-order valence-corrected chi connectivity index (χ2v) is 5.60. The Hall–Kier alpha value is -2.20. The Morgan fingerprint density at radius 2 is 1.86 bits per heavy atom. The van der Waals surface area contributed by atoms with Crippen LogP contribution in [0.25, 0.3) is 11.0 Å². The molecule has 0 unspecified atom stereocenters. The third-order valence-corrected chi connectivity index (χ3v) is 4.06. The first-order valence-corrected chi connectivity index (χ1v) is 7.41. The van der Waals surface area contributed by atoms with Crippen LogP contribution in [0.5, 0.6) is 0 Å². The summed E-state index contributed by atoms with van der Waals surface area (Å²) in [6.07, 6.45) is 0.460. The van der Waals surface area contributed by atoms with Crippen LogP contribution in [0.2, 0.25) is 0 Å². The molecule has 1 aromatic heterocycles. The number of rotatable bonds is 4. The predicted octanol–water partition coefficient (Wildman–Crippen LogP) is 3.38. The van der Waals surface area contributed by atoms with Crippen LogP contribution < -0.4 is 0 Å². The maximum Gasteiger partial charge on any atom is 0.128 e. The highest BCUT2D eigenvalue weighted by Gasteiger charge is 2.13. The molecule has 3 nitrogen and oxygen atoms in total. The van der Waals surface area contributed by atoms with Gasteiger partial charge in [0.05, 0.1) is 24.2 Å². The Morgan fingerprint density at radius 3 is 2.59 bits per heavy atom. The van der Waals surface area contributed by atoms with E-state index in [0.29, 0.717) is 18.5 Å². The van der Waals surface area contributed by atoms with E-state index in [1.807, 2.05) is 16.7 Å². The van der Waals surface area contributed by atoms with Gasteiger partial charge in [-0.2, -0.15) is 0 Å². The largest absolute Gasteiger partial charge is 0.396 e. The van der Waals surface area contributed by atoms with Crippen molar-refractivity contribution in [1.82, 2.24) is 9.55 Å². The first-order chi connectivity index (χ1) is 10.6. The van der Waals surface area contributed by atoms with E-state index in [4.69, 9.17) is 0 Å². The lowest BCUT2D eigenvalue weighted by atomic mass is 10.1. The van der Waals surface area contributed by atoms with Gasteiger partial charge in [-0.25, -0.2) is 9.37 Å². The number of aryl methyl sites for hydroxylation is 2. The molecule has 0 radical (unpaired) electrons. The predicted molar refractivity (Wildman–Crippen MR) is 85.5 cm³/mol. The van der Waals surface area contributed by atoms with E-state index in [1.54, 1.807) is 12.1 Å². The molecular formula is C18H19FN2O. The minimum absolute atomic E-state index is 0.0263. The summed E-state index contributed by atoms with van der Waals surface area (Å²) >= 11 is 0. The Kier molecular flexibility index (Phi) is 3.94. The molecule has 0 spiro atoms. The zero-order valence-electron chi connectivity index (χ0n) is 12.8. The van der Waals surface area contributed by atoms with Gasteiger partial charge in [0.25, 0.3) is 0 Å². The molecule has 0 saturated carbocycles. The second kappa shape index (κ2) is 5.89. The van der Waals surface area contributed by atoms with E-state index in [9.17, 15) is 9.50 Å². The number of halogens is 1. The van der Waals surface area contributed by atoms with Crippen LogP contribution in [0, 0.1) is 19.7 Å². The molecule has 0 fully saturated rings. The Bertz CT molecular complexity index is 823. The highest BCUT2D eigenvalue weighted by molar-refractivity contribution is 5.78. The molecule has 0 bridgehead atoms.